The second-order valence-electron chi connectivity index (χ2n) is 4.01. The van der Waals surface area contributed by atoms with Crippen molar-refractivity contribution in [1.82, 2.24) is 5.32 Å². The van der Waals surface area contributed by atoms with Crippen LogP contribution in [0.1, 0.15) is 18.9 Å². The lowest BCUT2D eigenvalue weighted by Crippen LogP contribution is -2.39. The minimum Gasteiger partial charge on any atom is -0.383 e. The van der Waals surface area contributed by atoms with Crippen LogP contribution in [0.15, 0.2) is 30.3 Å². The fraction of sp³-hybridized carbons (Fsp3) is 0.538. The van der Waals surface area contributed by atoms with E-state index < -0.39 is 5.92 Å². The minimum atomic E-state index is -2.84. The topological polar surface area (TPSA) is 21.3 Å². The summed E-state index contributed by atoms with van der Waals surface area (Å²) in [5.74, 6) is -2.84. The zero-order valence-corrected chi connectivity index (χ0v) is 10.2. The molecule has 0 radical (unpaired) electrons. The van der Waals surface area contributed by atoms with Gasteiger partial charge in [0.15, 0.2) is 0 Å². The number of alkyl halides is 2. The molecule has 0 aliphatic heterocycles. The van der Waals surface area contributed by atoms with Crippen molar-refractivity contribution in [3.05, 3.63) is 35.9 Å². The van der Waals surface area contributed by atoms with Crippen LogP contribution in [-0.2, 0) is 10.7 Å². The van der Waals surface area contributed by atoms with E-state index in [9.17, 15) is 8.78 Å². The average molecular weight is 243 g/mol. The normalized spacial score (nSPS) is 13.6. The van der Waals surface area contributed by atoms with Gasteiger partial charge in [-0.15, -0.1) is 0 Å². The van der Waals surface area contributed by atoms with Gasteiger partial charge in [-0.2, -0.15) is 8.78 Å². The van der Waals surface area contributed by atoms with Crippen LogP contribution in [0.2, 0.25) is 0 Å². The predicted octanol–water partition coefficient (Wildman–Crippen LogP) is 2.79. The summed E-state index contributed by atoms with van der Waals surface area (Å²) < 4.78 is 32.5. The summed E-state index contributed by atoms with van der Waals surface area (Å²) in [5.41, 5.74) is 0.0415. The number of nitrogens with one attached hydrogen (secondary N) is 1. The van der Waals surface area contributed by atoms with Crippen LogP contribution in [0.4, 0.5) is 8.78 Å². The molecule has 0 bridgehead atoms. The van der Waals surface area contributed by atoms with Gasteiger partial charge in [-0.25, -0.2) is 0 Å². The first kappa shape index (κ1) is 14.1. The second-order valence-corrected chi connectivity index (χ2v) is 4.01. The highest BCUT2D eigenvalue weighted by atomic mass is 19.3. The summed E-state index contributed by atoms with van der Waals surface area (Å²) in [6, 6.07) is 7.82. The van der Waals surface area contributed by atoms with Crippen LogP contribution in [-0.4, -0.2) is 26.3 Å². The Morgan fingerprint density at radius 1 is 1.29 bits per heavy atom. The molecule has 1 aromatic carbocycles. The van der Waals surface area contributed by atoms with Crippen LogP contribution >= 0.6 is 0 Å². The average Bonchev–Trinajstić information content (AvgIpc) is 2.35. The molecule has 0 saturated carbocycles. The Kier molecular flexibility index (Phi) is 5.51. The molecule has 0 spiro atoms. The van der Waals surface area contributed by atoms with Gasteiger partial charge in [-0.3, -0.25) is 0 Å². The molecule has 1 aromatic rings. The van der Waals surface area contributed by atoms with Gasteiger partial charge in [0.05, 0.1) is 13.2 Å². The Balaban J connectivity index is 2.55. The molecule has 1 unspecified atom stereocenters. The van der Waals surface area contributed by atoms with Crippen LogP contribution in [0.5, 0.6) is 0 Å². The van der Waals surface area contributed by atoms with Crippen molar-refractivity contribution in [2.45, 2.75) is 25.3 Å². The molecule has 0 aliphatic carbocycles. The van der Waals surface area contributed by atoms with Gasteiger partial charge in [0.25, 0.3) is 5.92 Å². The van der Waals surface area contributed by atoms with E-state index in [0.29, 0.717) is 6.61 Å². The summed E-state index contributed by atoms with van der Waals surface area (Å²) in [7, 11) is 1.57. The highest BCUT2D eigenvalue weighted by molar-refractivity contribution is 5.20. The molecule has 17 heavy (non-hydrogen) atoms. The van der Waals surface area contributed by atoms with E-state index in [2.05, 4.69) is 5.32 Å². The van der Waals surface area contributed by atoms with Crippen molar-refractivity contribution in [2.24, 2.45) is 0 Å². The number of ether oxygens (including phenoxy) is 1. The van der Waals surface area contributed by atoms with Crippen molar-refractivity contribution in [3.8, 4) is 0 Å². The number of hydrogen-bond acceptors (Lipinski definition) is 2. The van der Waals surface area contributed by atoms with Gasteiger partial charge in [-0.1, -0.05) is 37.3 Å². The Morgan fingerprint density at radius 3 is 2.47 bits per heavy atom. The SMILES string of the molecule is CCC(COC)NCC(F)(F)c1ccccc1. The molecule has 4 heteroatoms. The predicted molar refractivity (Wildman–Crippen MR) is 64.3 cm³/mol. The molecule has 1 rings (SSSR count). The van der Waals surface area contributed by atoms with Crippen molar-refractivity contribution < 1.29 is 13.5 Å². The molecule has 0 aromatic heterocycles. The lowest BCUT2D eigenvalue weighted by atomic mass is 10.1. The zero-order chi connectivity index (χ0) is 12.7. The van der Waals surface area contributed by atoms with Crippen molar-refractivity contribution in [3.63, 3.8) is 0 Å². The molecular formula is C13H19F2NO. The maximum atomic E-state index is 13.8. The van der Waals surface area contributed by atoms with Gasteiger partial charge in [0, 0.05) is 18.7 Å². The number of rotatable bonds is 7. The first-order chi connectivity index (χ1) is 8.10. The fourth-order valence-corrected chi connectivity index (χ4v) is 1.58. The Labute approximate surface area is 101 Å². The summed E-state index contributed by atoms with van der Waals surface area (Å²) >= 11 is 0. The van der Waals surface area contributed by atoms with Gasteiger partial charge in [-0.05, 0) is 6.42 Å². The van der Waals surface area contributed by atoms with Crippen LogP contribution < -0.4 is 5.32 Å². The maximum Gasteiger partial charge on any atom is 0.285 e. The molecule has 0 saturated heterocycles. The zero-order valence-electron chi connectivity index (χ0n) is 10.2. The Morgan fingerprint density at radius 2 is 1.94 bits per heavy atom. The lowest BCUT2D eigenvalue weighted by Gasteiger charge is -2.22. The second kappa shape index (κ2) is 6.67. The number of methoxy groups -OCH3 is 1. The van der Waals surface area contributed by atoms with Crippen LogP contribution in [0.25, 0.3) is 0 Å². The number of benzene rings is 1. The summed E-state index contributed by atoms with van der Waals surface area (Å²) in [5, 5.41) is 2.83. The van der Waals surface area contributed by atoms with E-state index in [4.69, 9.17) is 4.74 Å². The van der Waals surface area contributed by atoms with Crippen LogP contribution in [0.3, 0.4) is 0 Å². The molecular weight excluding hydrogens is 224 g/mol. The molecule has 1 N–H and O–H groups in total. The fourth-order valence-electron chi connectivity index (χ4n) is 1.58. The third kappa shape index (κ3) is 4.40. The lowest BCUT2D eigenvalue weighted by molar-refractivity contribution is -0.00841. The quantitative estimate of drug-likeness (QED) is 0.795. The van der Waals surface area contributed by atoms with E-state index >= 15 is 0 Å². The minimum absolute atomic E-state index is 0.0328. The monoisotopic (exact) mass is 243 g/mol. The molecule has 0 heterocycles. The summed E-state index contributed by atoms with van der Waals surface area (Å²) in [6.45, 7) is 2.03. The Hall–Kier alpha value is -1.00. The molecule has 1 atom stereocenters. The molecule has 0 fully saturated rings. The van der Waals surface area contributed by atoms with Gasteiger partial charge in [0.1, 0.15) is 0 Å². The Bertz CT molecular complexity index is 316. The number of halogens is 2. The van der Waals surface area contributed by atoms with Gasteiger partial charge in [0.2, 0.25) is 0 Å². The van der Waals surface area contributed by atoms with Gasteiger partial charge < -0.3 is 10.1 Å². The maximum absolute atomic E-state index is 13.8. The molecule has 2 nitrogen and oxygen atoms in total. The first-order valence-electron chi connectivity index (χ1n) is 5.75. The number of hydrogen-bond donors (Lipinski definition) is 1. The van der Waals surface area contributed by atoms with E-state index in [-0.39, 0.29) is 18.2 Å². The largest absolute Gasteiger partial charge is 0.383 e. The molecule has 96 valence electrons. The smallest absolute Gasteiger partial charge is 0.285 e. The third-order valence-corrected chi connectivity index (χ3v) is 2.67. The van der Waals surface area contributed by atoms with Crippen LogP contribution in [0, 0.1) is 0 Å². The van der Waals surface area contributed by atoms with E-state index in [1.165, 1.54) is 12.1 Å². The third-order valence-electron chi connectivity index (χ3n) is 2.67. The van der Waals surface area contributed by atoms with Crippen molar-refractivity contribution >= 4 is 0 Å². The highest BCUT2D eigenvalue weighted by Gasteiger charge is 2.31. The van der Waals surface area contributed by atoms with E-state index in [1.807, 2.05) is 6.92 Å². The standard InChI is InChI=1S/C13H19F2NO/c1-3-12(9-17-2)16-10-13(14,15)11-7-5-4-6-8-11/h4-8,12,16H,3,9-10H2,1-2H3. The van der Waals surface area contributed by atoms with Gasteiger partial charge >= 0.3 is 0 Å². The molecule has 0 amide bonds. The van der Waals surface area contributed by atoms with Crippen molar-refractivity contribution in [2.75, 3.05) is 20.3 Å². The first-order valence-corrected chi connectivity index (χ1v) is 5.75. The molecule has 0 aliphatic rings. The van der Waals surface area contributed by atoms with Crippen molar-refractivity contribution in [1.29, 1.82) is 0 Å². The summed E-state index contributed by atoms with van der Waals surface area (Å²) in [6.07, 6.45) is 0.763. The highest BCUT2D eigenvalue weighted by Crippen LogP contribution is 2.26. The van der Waals surface area contributed by atoms with E-state index in [0.717, 1.165) is 6.42 Å². The summed E-state index contributed by atoms with van der Waals surface area (Å²) in [4.78, 5) is 0. The van der Waals surface area contributed by atoms with E-state index in [1.54, 1.807) is 25.3 Å².